The predicted molar refractivity (Wildman–Crippen MR) is 280 cm³/mol. The van der Waals surface area contributed by atoms with Gasteiger partial charge >= 0.3 is 0 Å². The van der Waals surface area contributed by atoms with Crippen molar-refractivity contribution in [3.8, 4) is 44.5 Å². The number of para-hydroxylation sites is 1. The number of hydrogen-bond donors (Lipinski definition) is 0. The summed E-state index contributed by atoms with van der Waals surface area (Å²) < 4.78 is 6.39. The lowest BCUT2D eigenvalue weighted by molar-refractivity contribution is 0.669. The van der Waals surface area contributed by atoms with E-state index >= 15 is 0 Å². The molecule has 1 heterocycles. The zero-order valence-electron chi connectivity index (χ0n) is 36.7. The summed E-state index contributed by atoms with van der Waals surface area (Å²) in [6, 6.07) is 95.1. The van der Waals surface area contributed by atoms with Crippen LogP contribution >= 0.6 is 0 Å². The van der Waals surface area contributed by atoms with Crippen LogP contribution in [0.5, 0.6) is 0 Å². The van der Waals surface area contributed by atoms with Gasteiger partial charge in [0.15, 0.2) is 0 Å². The Kier molecular flexibility index (Phi) is 9.11. The molecule has 11 aromatic carbocycles. The van der Waals surface area contributed by atoms with E-state index in [1.807, 2.05) is 12.1 Å². The van der Waals surface area contributed by atoms with Crippen LogP contribution < -0.4 is 4.90 Å². The highest BCUT2D eigenvalue weighted by molar-refractivity contribution is 6.06. The number of furan rings is 1. The third kappa shape index (κ3) is 6.26. The standard InChI is InChI=1S/C65H43NO/c1-3-19-50(20-4-1)65(51-21-5-2-6-22-51)59-28-11-9-26-58(59)64-60(65)29-15-30-61(64)66(53-23-13-18-48(42-53)49-38-41-57-56-25-10-12-31-62(56)67-63(57)43-49)52-39-36-45(37-40-52)44-32-34-47(35-33-44)55-27-14-17-46-16-7-8-24-54(46)55/h1-43H. The first kappa shape index (κ1) is 38.7. The van der Waals surface area contributed by atoms with Crippen molar-refractivity contribution in [3.05, 3.63) is 283 Å². The zero-order valence-corrected chi connectivity index (χ0v) is 36.7. The van der Waals surface area contributed by atoms with Gasteiger partial charge < -0.3 is 9.32 Å². The smallest absolute Gasteiger partial charge is 0.136 e. The fourth-order valence-corrected chi connectivity index (χ4v) is 10.9. The van der Waals surface area contributed by atoms with Gasteiger partial charge in [0.05, 0.1) is 11.1 Å². The summed E-state index contributed by atoms with van der Waals surface area (Å²) in [6.07, 6.45) is 0. The van der Waals surface area contributed by atoms with Crippen LogP contribution in [0, 0.1) is 0 Å². The number of rotatable bonds is 8. The van der Waals surface area contributed by atoms with Crippen molar-refractivity contribution in [2.75, 3.05) is 4.90 Å². The van der Waals surface area contributed by atoms with Gasteiger partial charge in [0.25, 0.3) is 0 Å². The summed E-state index contributed by atoms with van der Waals surface area (Å²) in [6.45, 7) is 0. The molecular weight excluding hydrogens is 811 g/mol. The van der Waals surface area contributed by atoms with Gasteiger partial charge in [0, 0.05) is 27.7 Å². The van der Waals surface area contributed by atoms with Gasteiger partial charge in [-0.25, -0.2) is 0 Å². The molecule has 0 N–H and O–H groups in total. The van der Waals surface area contributed by atoms with Crippen LogP contribution in [-0.4, -0.2) is 0 Å². The number of hydrogen-bond acceptors (Lipinski definition) is 2. The average Bonchev–Trinajstić information content (AvgIpc) is 3.93. The molecule has 12 aromatic rings. The maximum Gasteiger partial charge on any atom is 0.136 e. The topological polar surface area (TPSA) is 16.4 Å². The summed E-state index contributed by atoms with van der Waals surface area (Å²) in [5.41, 5.74) is 19.0. The zero-order chi connectivity index (χ0) is 44.3. The molecule has 0 spiro atoms. The lowest BCUT2D eigenvalue weighted by atomic mass is 9.68. The Labute approximate surface area is 390 Å². The summed E-state index contributed by atoms with van der Waals surface area (Å²) in [5.74, 6) is 0. The molecule has 0 amide bonds. The van der Waals surface area contributed by atoms with Crippen molar-refractivity contribution in [1.82, 2.24) is 0 Å². The third-order valence-electron chi connectivity index (χ3n) is 14.0. The summed E-state index contributed by atoms with van der Waals surface area (Å²) in [5, 5.41) is 4.77. The molecule has 0 radical (unpaired) electrons. The minimum absolute atomic E-state index is 0.526. The second-order valence-electron chi connectivity index (χ2n) is 17.6. The Morgan fingerprint density at radius 2 is 0.866 bits per heavy atom. The van der Waals surface area contributed by atoms with E-state index in [4.69, 9.17) is 4.42 Å². The normalized spacial score (nSPS) is 12.6. The Hall–Kier alpha value is -8.72. The van der Waals surface area contributed by atoms with E-state index in [2.05, 4.69) is 254 Å². The molecule has 67 heavy (non-hydrogen) atoms. The molecule has 0 bridgehead atoms. The molecule has 1 aliphatic rings. The Morgan fingerprint density at radius 1 is 0.313 bits per heavy atom. The van der Waals surface area contributed by atoms with Crippen molar-refractivity contribution in [2.24, 2.45) is 0 Å². The highest BCUT2D eigenvalue weighted by Crippen LogP contribution is 2.59. The monoisotopic (exact) mass is 853 g/mol. The third-order valence-corrected chi connectivity index (χ3v) is 14.0. The van der Waals surface area contributed by atoms with E-state index in [1.54, 1.807) is 0 Å². The Bertz CT molecular complexity index is 3750. The molecule has 0 saturated heterocycles. The molecule has 1 aromatic heterocycles. The van der Waals surface area contributed by atoms with Crippen LogP contribution in [0.4, 0.5) is 17.1 Å². The molecule has 2 heteroatoms. The quantitative estimate of drug-likeness (QED) is 0.151. The molecule has 0 saturated carbocycles. The van der Waals surface area contributed by atoms with Gasteiger partial charge in [-0.3, -0.25) is 0 Å². The van der Waals surface area contributed by atoms with Crippen LogP contribution in [0.25, 0.3) is 77.2 Å². The minimum atomic E-state index is -0.526. The number of nitrogens with zero attached hydrogens (tertiary/aromatic N) is 1. The van der Waals surface area contributed by atoms with Gasteiger partial charge in [0.1, 0.15) is 11.2 Å². The van der Waals surface area contributed by atoms with Crippen molar-refractivity contribution in [2.45, 2.75) is 5.41 Å². The van der Waals surface area contributed by atoms with Crippen molar-refractivity contribution in [3.63, 3.8) is 0 Å². The molecule has 0 unspecified atom stereocenters. The first-order chi connectivity index (χ1) is 33.2. The summed E-state index contributed by atoms with van der Waals surface area (Å²) in [7, 11) is 0. The second-order valence-corrected chi connectivity index (χ2v) is 17.6. The molecule has 13 rings (SSSR count). The molecule has 0 fully saturated rings. The molecule has 2 nitrogen and oxygen atoms in total. The SMILES string of the molecule is c1ccc(C2(c3ccccc3)c3ccccc3-c3c(N(c4ccc(-c5ccc(-c6cccc7ccccc67)cc5)cc4)c4cccc(-c5ccc6c(c5)oc5ccccc56)c4)cccc32)cc1. The van der Waals surface area contributed by atoms with E-state index in [-0.39, 0.29) is 0 Å². The molecule has 0 atom stereocenters. The maximum atomic E-state index is 6.39. The van der Waals surface area contributed by atoms with E-state index in [0.29, 0.717) is 0 Å². The molecular formula is C65H43NO. The van der Waals surface area contributed by atoms with Gasteiger partial charge in [-0.2, -0.15) is 0 Å². The fraction of sp³-hybridized carbons (Fsp3) is 0.0154. The van der Waals surface area contributed by atoms with E-state index in [0.717, 1.165) is 55.7 Å². The lowest BCUT2D eigenvalue weighted by Gasteiger charge is -2.34. The number of fused-ring (bicyclic) bond motifs is 7. The predicted octanol–water partition coefficient (Wildman–Crippen LogP) is 17.6. The minimum Gasteiger partial charge on any atom is -0.456 e. The largest absolute Gasteiger partial charge is 0.456 e. The summed E-state index contributed by atoms with van der Waals surface area (Å²) in [4.78, 5) is 2.46. The van der Waals surface area contributed by atoms with Gasteiger partial charge in [0.2, 0.25) is 0 Å². The fourth-order valence-electron chi connectivity index (χ4n) is 10.9. The average molecular weight is 854 g/mol. The first-order valence-corrected chi connectivity index (χ1v) is 23.1. The second kappa shape index (κ2) is 15.8. The van der Waals surface area contributed by atoms with E-state index in [9.17, 15) is 0 Å². The highest BCUT2D eigenvalue weighted by atomic mass is 16.3. The van der Waals surface area contributed by atoms with E-state index in [1.165, 1.54) is 60.8 Å². The van der Waals surface area contributed by atoms with Crippen molar-refractivity contribution < 1.29 is 4.42 Å². The number of benzene rings is 11. The number of anilines is 3. The first-order valence-electron chi connectivity index (χ1n) is 23.1. The highest BCUT2D eigenvalue weighted by Gasteiger charge is 2.47. The lowest BCUT2D eigenvalue weighted by Crippen LogP contribution is -2.28. The molecule has 0 aliphatic heterocycles. The molecule has 1 aliphatic carbocycles. The van der Waals surface area contributed by atoms with Crippen molar-refractivity contribution in [1.29, 1.82) is 0 Å². The summed E-state index contributed by atoms with van der Waals surface area (Å²) >= 11 is 0. The van der Waals surface area contributed by atoms with Crippen LogP contribution in [0.2, 0.25) is 0 Å². The van der Waals surface area contributed by atoms with E-state index < -0.39 is 5.41 Å². The van der Waals surface area contributed by atoms with Gasteiger partial charge in [-0.1, -0.05) is 212 Å². The van der Waals surface area contributed by atoms with Crippen LogP contribution in [0.1, 0.15) is 22.3 Å². The Morgan fingerprint density at radius 3 is 1.66 bits per heavy atom. The van der Waals surface area contributed by atoms with Gasteiger partial charge in [-0.15, -0.1) is 0 Å². The van der Waals surface area contributed by atoms with Crippen LogP contribution in [-0.2, 0) is 5.41 Å². The maximum absolute atomic E-state index is 6.39. The Balaban J connectivity index is 0.978. The van der Waals surface area contributed by atoms with Crippen LogP contribution in [0.15, 0.2) is 265 Å². The van der Waals surface area contributed by atoms with Crippen LogP contribution in [0.3, 0.4) is 0 Å². The van der Waals surface area contributed by atoms with Gasteiger partial charge in [-0.05, 0) is 121 Å². The molecule has 314 valence electrons. The van der Waals surface area contributed by atoms with Crippen molar-refractivity contribution >= 4 is 49.8 Å².